The zero-order valence-electron chi connectivity index (χ0n) is 17.7. The largest absolute Gasteiger partial charge is 0.495 e. The quantitative estimate of drug-likeness (QED) is 0.598. The first-order valence-corrected chi connectivity index (χ1v) is 10.3. The molecule has 2 heterocycles. The van der Waals surface area contributed by atoms with Gasteiger partial charge in [-0.15, -0.1) is 0 Å². The smallest absolute Gasteiger partial charge is 0.320 e. The van der Waals surface area contributed by atoms with Crippen molar-refractivity contribution in [2.24, 2.45) is 10.9 Å². The van der Waals surface area contributed by atoms with Crippen molar-refractivity contribution in [3.05, 3.63) is 60.2 Å². The van der Waals surface area contributed by atoms with Crippen LogP contribution in [0, 0.1) is 5.92 Å². The normalized spacial score (nSPS) is 21.2. The molecule has 2 aliphatic rings. The van der Waals surface area contributed by atoms with Crippen LogP contribution in [0.5, 0.6) is 5.75 Å². The number of piperazine rings is 1. The number of aliphatic imine (C=N–C) groups is 1. The van der Waals surface area contributed by atoms with Gasteiger partial charge in [0.25, 0.3) is 0 Å². The minimum Gasteiger partial charge on any atom is -0.495 e. The van der Waals surface area contributed by atoms with Crippen molar-refractivity contribution in [3.8, 4) is 5.75 Å². The monoisotopic (exact) mass is 422 g/mol. The molecule has 0 radical (unpaired) electrons. The van der Waals surface area contributed by atoms with E-state index < -0.39 is 23.8 Å². The van der Waals surface area contributed by atoms with E-state index in [9.17, 15) is 9.59 Å². The van der Waals surface area contributed by atoms with Crippen LogP contribution in [0.25, 0.3) is 0 Å². The summed E-state index contributed by atoms with van der Waals surface area (Å²) in [5.74, 6) is -0.651. The lowest BCUT2D eigenvalue weighted by Crippen LogP contribution is -2.57. The van der Waals surface area contributed by atoms with Crippen LogP contribution < -0.4 is 15.0 Å². The van der Waals surface area contributed by atoms with Gasteiger partial charge >= 0.3 is 5.97 Å². The van der Waals surface area contributed by atoms with Gasteiger partial charge in [-0.05, 0) is 17.7 Å². The van der Waals surface area contributed by atoms with Crippen LogP contribution in [-0.2, 0) is 14.3 Å². The first-order valence-electron chi connectivity index (χ1n) is 10.3. The van der Waals surface area contributed by atoms with Gasteiger partial charge in [-0.1, -0.05) is 42.5 Å². The molecule has 2 aliphatic heterocycles. The van der Waals surface area contributed by atoms with Gasteiger partial charge in [0.15, 0.2) is 5.92 Å². The molecular formula is C23H26N4O4. The average Bonchev–Trinajstić information content (AvgIpc) is 2.83. The van der Waals surface area contributed by atoms with E-state index in [0.717, 1.165) is 30.1 Å². The number of para-hydroxylation sites is 2. The summed E-state index contributed by atoms with van der Waals surface area (Å²) in [4.78, 5) is 34.3. The fraction of sp³-hybridized carbons (Fsp3) is 0.348. The number of esters is 1. The lowest BCUT2D eigenvalue weighted by molar-refractivity contribution is -0.151. The first kappa shape index (κ1) is 20.7. The molecule has 0 bridgehead atoms. The Hall–Kier alpha value is -3.55. The molecule has 2 aromatic carbocycles. The Morgan fingerprint density at radius 2 is 1.61 bits per heavy atom. The lowest BCUT2D eigenvalue weighted by atomic mass is 9.91. The van der Waals surface area contributed by atoms with E-state index in [0.29, 0.717) is 19.0 Å². The van der Waals surface area contributed by atoms with E-state index in [4.69, 9.17) is 14.5 Å². The number of carbonyl (C=O) groups excluding carboxylic acids is 2. The molecule has 4 rings (SSSR count). The Balaban J connectivity index is 1.55. The van der Waals surface area contributed by atoms with Gasteiger partial charge in [0, 0.05) is 26.2 Å². The molecule has 1 saturated heterocycles. The SMILES string of the molecule is COC(=O)[C@@H]1C(=O)NC(N2CCN(c3ccccc3OC)CC2)=N[C@H]1c1ccccc1. The molecule has 1 fully saturated rings. The summed E-state index contributed by atoms with van der Waals surface area (Å²) in [5, 5.41) is 2.82. The third-order valence-electron chi connectivity index (χ3n) is 5.70. The molecule has 0 saturated carbocycles. The van der Waals surface area contributed by atoms with E-state index >= 15 is 0 Å². The van der Waals surface area contributed by atoms with Crippen LogP contribution in [-0.4, -0.2) is 63.1 Å². The predicted octanol–water partition coefficient (Wildman–Crippen LogP) is 1.83. The second kappa shape index (κ2) is 9.07. The molecule has 8 heteroatoms. The highest BCUT2D eigenvalue weighted by Crippen LogP contribution is 2.32. The summed E-state index contributed by atoms with van der Waals surface area (Å²) in [6.45, 7) is 2.88. The van der Waals surface area contributed by atoms with Crippen LogP contribution >= 0.6 is 0 Å². The van der Waals surface area contributed by atoms with Gasteiger partial charge in [0.05, 0.1) is 19.9 Å². The van der Waals surface area contributed by atoms with E-state index in [1.165, 1.54) is 7.11 Å². The summed E-state index contributed by atoms with van der Waals surface area (Å²) in [5.41, 5.74) is 1.85. The minimum absolute atomic E-state index is 0.391. The number of ether oxygens (including phenoxy) is 2. The Bertz CT molecular complexity index is 971. The van der Waals surface area contributed by atoms with Gasteiger partial charge in [0.1, 0.15) is 11.8 Å². The third-order valence-corrected chi connectivity index (χ3v) is 5.70. The van der Waals surface area contributed by atoms with Gasteiger partial charge in [0.2, 0.25) is 11.9 Å². The number of nitrogens with one attached hydrogen (secondary N) is 1. The number of nitrogens with zero attached hydrogens (tertiary/aromatic N) is 3. The number of guanidine groups is 1. The summed E-state index contributed by atoms with van der Waals surface area (Å²) in [6, 6.07) is 16.7. The fourth-order valence-electron chi connectivity index (χ4n) is 4.06. The highest BCUT2D eigenvalue weighted by Gasteiger charge is 2.42. The van der Waals surface area contributed by atoms with Gasteiger partial charge < -0.3 is 19.3 Å². The summed E-state index contributed by atoms with van der Waals surface area (Å²) < 4.78 is 10.4. The standard InChI is InChI=1S/C23H26N4O4/c1-30-18-11-7-6-10-17(18)26-12-14-27(15-13-26)23-24-20(16-8-4-3-5-9-16)19(21(28)25-23)22(29)31-2/h3-11,19-20H,12-15H2,1-2H3,(H,24,25,28)/t19-,20-/m0/s1. The molecular weight excluding hydrogens is 396 g/mol. The maximum Gasteiger partial charge on any atom is 0.320 e. The number of anilines is 1. The second-order valence-electron chi connectivity index (χ2n) is 7.44. The van der Waals surface area contributed by atoms with Crippen LogP contribution in [0.4, 0.5) is 5.69 Å². The van der Waals surface area contributed by atoms with Crippen LogP contribution in [0.15, 0.2) is 59.6 Å². The van der Waals surface area contributed by atoms with Gasteiger partial charge in [-0.2, -0.15) is 0 Å². The Morgan fingerprint density at radius 1 is 0.968 bits per heavy atom. The van der Waals surface area contributed by atoms with Crippen LogP contribution in [0.3, 0.4) is 0 Å². The second-order valence-corrected chi connectivity index (χ2v) is 7.44. The van der Waals surface area contributed by atoms with Crippen molar-refractivity contribution in [2.75, 3.05) is 45.3 Å². The highest BCUT2D eigenvalue weighted by atomic mass is 16.5. The molecule has 2 aromatic rings. The van der Waals surface area contributed by atoms with Crippen LogP contribution in [0.2, 0.25) is 0 Å². The molecule has 0 spiro atoms. The van der Waals surface area contributed by atoms with Crippen molar-refractivity contribution >= 4 is 23.5 Å². The zero-order valence-corrected chi connectivity index (χ0v) is 17.7. The number of benzene rings is 2. The number of methoxy groups -OCH3 is 2. The van der Waals surface area contributed by atoms with E-state index in [1.54, 1.807) is 7.11 Å². The molecule has 162 valence electrons. The number of hydrogen-bond acceptors (Lipinski definition) is 7. The van der Waals surface area contributed by atoms with E-state index in [2.05, 4.69) is 10.2 Å². The maximum absolute atomic E-state index is 12.9. The third kappa shape index (κ3) is 4.19. The van der Waals surface area contributed by atoms with Crippen molar-refractivity contribution in [2.45, 2.75) is 6.04 Å². The summed E-state index contributed by atoms with van der Waals surface area (Å²) in [7, 11) is 2.96. The molecule has 8 nitrogen and oxygen atoms in total. The van der Waals surface area contributed by atoms with Crippen LogP contribution in [0.1, 0.15) is 11.6 Å². The zero-order chi connectivity index (χ0) is 21.8. The molecule has 31 heavy (non-hydrogen) atoms. The predicted molar refractivity (Wildman–Crippen MR) is 117 cm³/mol. The summed E-state index contributed by atoms with van der Waals surface area (Å²) >= 11 is 0. The number of rotatable bonds is 4. The molecule has 2 atom stereocenters. The van der Waals surface area contributed by atoms with Crippen molar-refractivity contribution < 1.29 is 19.1 Å². The molecule has 0 aliphatic carbocycles. The Morgan fingerprint density at radius 3 is 2.29 bits per heavy atom. The highest BCUT2D eigenvalue weighted by molar-refractivity contribution is 6.08. The number of amides is 1. The van der Waals surface area contributed by atoms with Crippen molar-refractivity contribution in [3.63, 3.8) is 0 Å². The first-order chi connectivity index (χ1) is 15.1. The number of hydrogen-bond donors (Lipinski definition) is 1. The lowest BCUT2D eigenvalue weighted by Gasteiger charge is -2.40. The van der Waals surface area contributed by atoms with E-state index in [1.807, 2.05) is 59.5 Å². The minimum atomic E-state index is -1.01. The Labute approximate surface area is 181 Å². The molecule has 1 N–H and O–H groups in total. The fourth-order valence-corrected chi connectivity index (χ4v) is 4.06. The summed E-state index contributed by atoms with van der Waals surface area (Å²) in [6.07, 6.45) is 0. The van der Waals surface area contributed by atoms with Gasteiger partial charge in [-0.25, -0.2) is 4.99 Å². The molecule has 0 unspecified atom stereocenters. The van der Waals surface area contributed by atoms with Crippen molar-refractivity contribution in [1.29, 1.82) is 0 Å². The number of carbonyl (C=O) groups is 2. The Kier molecular flexibility index (Phi) is 6.06. The molecule has 1 amide bonds. The van der Waals surface area contributed by atoms with E-state index in [-0.39, 0.29) is 0 Å². The average molecular weight is 422 g/mol. The topological polar surface area (TPSA) is 83.5 Å². The molecule has 0 aromatic heterocycles. The van der Waals surface area contributed by atoms with Crippen molar-refractivity contribution in [1.82, 2.24) is 10.2 Å². The van der Waals surface area contributed by atoms with Gasteiger partial charge in [-0.3, -0.25) is 14.9 Å². The maximum atomic E-state index is 12.9.